The van der Waals surface area contributed by atoms with Gasteiger partial charge in [-0.3, -0.25) is 14.5 Å². The first-order valence-corrected chi connectivity index (χ1v) is 9.44. The number of carbonyl (C=O) groups is 2. The SMILES string of the molecule is CC(=O)NC[C@H]1CN(c2ccc(N3CCON(C(C)=S)CC3)c(F)c2)C(=O)O1. The Balaban J connectivity index is 1.68. The Morgan fingerprint density at radius 3 is 2.79 bits per heavy atom. The summed E-state index contributed by atoms with van der Waals surface area (Å²) in [7, 11) is 0. The number of hydrogen-bond acceptors (Lipinski definition) is 6. The molecular formula is C18H23FN4O4S. The molecule has 2 amide bonds. The molecule has 2 fully saturated rings. The lowest BCUT2D eigenvalue weighted by Crippen LogP contribution is -2.33. The minimum absolute atomic E-state index is 0.200. The molecule has 2 heterocycles. The van der Waals surface area contributed by atoms with E-state index in [4.69, 9.17) is 21.8 Å². The van der Waals surface area contributed by atoms with Crippen molar-refractivity contribution in [3.63, 3.8) is 0 Å². The molecule has 0 saturated carbocycles. The van der Waals surface area contributed by atoms with Crippen molar-refractivity contribution >= 4 is 40.6 Å². The first-order chi connectivity index (χ1) is 13.3. The second-order valence-corrected chi connectivity index (χ2v) is 7.22. The van der Waals surface area contributed by atoms with Gasteiger partial charge in [-0.25, -0.2) is 14.2 Å². The fourth-order valence-corrected chi connectivity index (χ4v) is 3.30. The van der Waals surface area contributed by atoms with Crippen molar-refractivity contribution in [3.8, 4) is 0 Å². The van der Waals surface area contributed by atoms with Crippen molar-refractivity contribution in [3.05, 3.63) is 24.0 Å². The molecule has 8 nitrogen and oxygen atoms in total. The van der Waals surface area contributed by atoms with Crippen molar-refractivity contribution in [2.75, 3.05) is 49.1 Å². The zero-order valence-electron chi connectivity index (χ0n) is 15.8. The third kappa shape index (κ3) is 4.68. The molecule has 2 aliphatic heterocycles. The normalized spacial score (nSPS) is 20.0. The number of nitrogens with one attached hydrogen (secondary N) is 1. The van der Waals surface area contributed by atoms with Gasteiger partial charge in [0.25, 0.3) is 0 Å². The van der Waals surface area contributed by atoms with Gasteiger partial charge in [0.1, 0.15) is 16.9 Å². The van der Waals surface area contributed by atoms with E-state index in [9.17, 15) is 14.0 Å². The summed E-state index contributed by atoms with van der Waals surface area (Å²) in [5, 5.41) is 4.25. The summed E-state index contributed by atoms with van der Waals surface area (Å²) in [6.45, 7) is 5.69. The lowest BCUT2D eigenvalue weighted by Gasteiger charge is -2.24. The monoisotopic (exact) mass is 410 g/mol. The van der Waals surface area contributed by atoms with E-state index in [1.807, 2.05) is 4.90 Å². The third-order valence-corrected chi connectivity index (χ3v) is 4.77. The number of thiocarbonyl (C=S) groups is 1. The number of hydroxylamine groups is 2. The highest BCUT2D eigenvalue weighted by Gasteiger charge is 2.33. The lowest BCUT2D eigenvalue weighted by atomic mass is 10.2. The number of rotatable bonds is 4. The van der Waals surface area contributed by atoms with Crippen LogP contribution in [0.25, 0.3) is 0 Å². The topological polar surface area (TPSA) is 74.4 Å². The van der Waals surface area contributed by atoms with Crippen LogP contribution in [0.1, 0.15) is 13.8 Å². The van der Waals surface area contributed by atoms with Crippen molar-refractivity contribution in [1.82, 2.24) is 10.4 Å². The Kier molecular flexibility index (Phi) is 6.30. The number of hydrogen-bond donors (Lipinski definition) is 1. The average molecular weight is 410 g/mol. The van der Waals surface area contributed by atoms with Gasteiger partial charge in [-0.1, -0.05) is 12.2 Å². The number of nitrogens with zero attached hydrogens (tertiary/aromatic N) is 3. The van der Waals surface area contributed by atoms with Crippen LogP contribution < -0.4 is 15.1 Å². The molecule has 0 aliphatic carbocycles. The van der Waals surface area contributed by atoms with Crippen LogP contribution in [-0.2, 0) is 14.4 Å². The first-order valence-electron chi connectivity index (χ1n) is 9.03. The summed E-state index contributed by atoms with van der Waals surface area (Å²) in [6, 6.07) is 4.67. The molecular weight excluding hydrogens is 387 g/mol. The van der Waals surface area contributed by atoms with Gasteiger partial charge in [0, 0.05) is 20.0 Å². The summed E-state index contributed by atoms with van der Waals surface area (Å²) in [5.74, 6) is -0.628. The zero-order chi connectivity index (χ0) is 20.3. The van der Waals surface area contributed by atoms with Crippen LogP contribution in [0.4, 0.5) is 20.6 Å². The van der Waals surface area contributed by atoms with Gasteiger partial charge in [-0.05, 0) is 25.1 Å². The Hall–Kier alpha value is -2.46. The molecule has 2 aliphatic rings. The summed E-state index contributed by atoms with van der Waals surface area (Å²) in [4.78, 5) is 32.6. The van der Waals surface area contributed by atoms with Crippen molar-refractivity contribution in [2.45, 2.75) is 20.0 Å². The van der Waals surface area contributed by atoms with Crippen LogP contribution in [0.2, 0.25) is 0 Å². The Morgan fingerprint density at radius 1 is 1.32 bits per heavy atom. The second-order valence-electron chi connectivity index (χ2n) is 6.63. The molecule has 0 unspecified atom stereocenters. The van der Waals surface area contributed by atoms with Crippen LogP contribution in [0, 0.1) is 5.82 Å². The second kappa shape index (κ2) is 8.70. The molecule has 0 spiro atoms. The fourth-order valence-electron chi connectivity index (χ4n) is 3.15. The Bertz CT molecular complexity index is 778. The maximum Gasteiger partial charge on any atom is 0.414 e. The van der Waals surface area contributed by atoms with Gasteiger partial charge >= 0.3 is 6.09 Å². The highest BCUT2D eigenvalue weighted by Crippen LogP contribution is 2.28. The smallest absolute Gasteiger partial charge is 0.414 e. The van der Waals surface area contributed by atoms with Gasteiger partial charge in [-0.2, -0.15) is 0 Å². The number of anilines is 2. The van der Waals surface area contributed by atoms with E-state index in [2.05, 4.69) is 5.32 Å². The molecule has 1 aromatic rings. The van der Waals surface area contributed by atoms with E-state index in [0.29, 0.717) is 42.6 Å². The van der Waals surface area contributed by atoms with Gasteiger partial charge in [-0.15, -0.1) is 0 Å². The third-order valence-electron chi connectivity index (χ3n) is 4.57. The van der Waals surface area contributed by atoms with E-state index in [0.717, 1.165) is 0 Å². The summed E-state index contributed by atoms with van der Waals surface area (Å²) in [6.07, 6.45) is -1.02. The minimum Gasteiger partial charge on any atom is -0.442 e. The van der Waals surface area contributed by atoms with Gasteiger partial charge < -0.3 is 15.0 Å². The first kappa shape index (κ1) is 20.3. The number of cyclic esters (lactones) is 1. The van der Waals surface area contributed by atoms with Crippen LogP contribution in [-0.4, -0.2) is 67.5 Å². The molecule has 28 heavy (non-hydrogen) atoms. The van der Waals surface area contributed by atoms with Gasteiger partial charge in [0.15, 0.2) is 0 Å². The molecule has 0 radical (unpaired) electrons. The lowest BCUT2D eigenvalue weighted by molar-refractivity contribution is -0.119. The molecule has 0 bridgehead atoms. The van der Waals surface area contributed by atoms with Crippen LogP contribution >= 0.6 is 12.2 Å². The fraction of sp³-hybridized carbons (Fsp3) is 0.500. The number of ether oxygens (including phenoxy) is 1. The van der Waals surface area contributed by atoms with Crippen molar-refractivity contribution in [1.29, 1.82) is 0 Å². The van der Waals surface area contributed by atoms with Gasteiger partial charge in [0.05, 0.1) is 37.6 Å². The summed E-state index contributed by atoms with van der Waals surface area (Å²) < 4.78 is 20.0. The maximum absolute atomic E-state index is 14.8. The highest BCUT2D eigenvalue weighted by molar-refractivity contribution is 7.80. The molecule has 3 rings (SSSR count). The van der Waals surface area contributed by atoms with Crippen molar-refractivity contribution < 1.29 is 23.6 Å². The Labute approximate surface area is 168 Å². The molecule has 1 aromatic carbocycles. The van der Waals surface area contributed by atoms with Crippen molar-refractivity contribution in [2.24, 2.45) is 0 Å². The largest absolute Gasteiger partial charge is 0.442 e. The molecule has 2 saturated heterocycles. The van der Waals surface area contributed by atoms with E-state index >= 15 is 0 Å². The molecule has 152 valence electrons. The Morgan fingerprint density at radius 2 is 2.11 bits per heavy atom. The average Bonchev–Trinajstić information content (AvgIpc) is 2.85. The number of amides is 2. The number of benzene rings is 1. The van der Waals surface area contributed by atoms with E-state index in [-0.39, 0.29) is 19.0 Å². The highest BCUT2D eigenvalue weighted by atomic mass is 32.1. The molecule has 1 atom stereocenters. The number of halogens is 1. The molecule has 0 aromatic heterocycles. The maximum atomic E-state index is 14.8. The van der Waals surface area contributed by atoms with Crippen LogP contribution in [0.15, 0.2) is 18.2 Å². The van der Waals surface area contributed by atoms with Crippen LogP contribution in [0.5, 0.6) is 0 Å². The number of carbonyl (C=O) groups excluding carboxylic acids is 2. The predicted octanol–water partition coefficient (Wildman–Crippen LogP) is 1.69. The zero-order valence-corrected chi connectivity index (χ0v) is 16.6. The van der Waals surface area contributed by atoms with Gasteiger partial charge in [0.2, 0.25) is 5.91 Å². The quantitative estimate of drug-likeness (QED) is 0.757. The van der Waals surface area contributed by atoms with E-state index < -0.39 is 18.0 Å². The summed E-state index contributed by atoms with van der Waals surface area (Å²) in [5.41, 5.74) is 0.859. The molecule has 1 N–H and O–H groups in total. The van der Waals surface area contributed by atoms with E-state index in [1.165, 1.54) is 17.9 Å². The molecule has 10 heteroatoms. The minimum atomic E-state index is -0.558. The standard InChI is InChI=1S/C18H23FN4O4S/c1-12(24)20-10-15-11-22(18(25)27-15)14-3-4-17(16(19)9-14)21-5-6-23(13(2)28)26-8-7-21/h3-4,9,15H,5-8,10-11H2,1-2H3,(H,20,24)/t15-/m0/s1. The van der Waals surface area contributed by atoms with E-state index in [1.54, 1.807) is 24.1 Å². The van der Waals surface area contributed by atoms with Crippen LogP contribution in [0.3, 0.4) is 0 Å². The summed E-state index contributed by atoms with van der Waals surface area (Å²) >= 11 is 5.12. The predicted molar refractivity (Wildman–Crippen MR) is 106 cm³/mol.